The molecule has 0 aliphatic carbocycles. The van der Waals surface area contributed by atoms with Gasteiger partial charge in [-0.3, -0.25) is 0 Å². The first-order chi connectivity index (χ1) is 9.52. The molecule has 0 aliphatic heterocycles. The van der Waals surface area contributed by atoms with Crippen molar-refractivity contribution in [2.24, 2.45) is 0 Å². The second-order valence-electron chi connectivity index (χ2n) is 4.33. The maximum Gasteiger partial charge on any atom is 0.137 e. The van der Waals surface area contributed by atoms with Crippen molar-refractivity contribution < 1.29 is 13.2 Å². The Balaban J connectivity index is 2.47. The van der Waals surface area contributed by atoms with Crippen LogP contribution in [0.1, 0.15) is 24.1 Å². The van der Waals surface area contributed by atoms with Gasteiger partial charge in [0.1, 0.15) is 17.5 Å². The van der Waals surface area contributed by atoms with Crippen LogP contribution in [0.3, 0.4) is 0 Å². The molecule has 0 saturated heterocycles. The molecule has 5 heteroatoms. The molecular weight excluding hydrogens is 331 g/mol. The van der Waals surface area contributed by atoms with Crippen molar-refractivity contribution in [2.75, 3.05) is 6.54 Å². The number of hydrogen-bond donors (Lipinski definition) is 1. The Morgan fingerprint density at radius 2 is 1.80 bits per heavy atom. The lowest BCUT2D eigenvalue weighted by atomic mass is 9.98. The summed E-state index contributed by atoms with van der Waals surface area (Å²) in [6.45, 7) is 2.43. The highest BCUT2D eigenvalue weighted by Gasteiger charge is 2.18. The zero-order chi connectivity index (χ0) is 14.7. The first-order valence-electron chi connectivity index (χ1n) is 6.16. The van der Waals surface area contributed by atoms with Gasteiger partial charge in [0, 0.05) is 11.6 Å². The molecule has 0 saturated carbocycles. The van der Waals surface area contributed by atoms with Crippen LogP contribution < -0.4 is 5.32 Å². The molecule has 2 aromatic carbocycles. The first kappa shape index (κ1) is 15.1. The van der Waals surface area contributed by atoms with E-state index in [9.17, 15) is 13.2 Å². The standard InChI is InChI=1S/C15H13BrF3N/c1-2-20-15(9-3-6-12(16)14(19)7-9)11-5-4-10(17)8-13(11)18/h3-8,15,20H,2H2,1H3. The van der Waals surface area contributed by atoms with Crippen LogP contribution in [-0.4, -0.2) is 6.54 Å². The summed E-state index contributed by atoms with van der Waals surface area (Å²) in [5.74, 6) is -1.71. The number of benzene rings is 2. The van der Waals surface area contributed by atoms with Gasteiger partial charge in [0.05, 0.1) is 10.5 Å². The summed E-state index contributed by atoms with van der Waals surface area (Å²) in [6, 6.07) is 7.47. The third-order valence-corrected chi connectivity index (χ3v) is 3.60. The lowest BCUT2D eigenvalue weighted by Crippen LogP contribution is -2.23. The summed E-state index contributed by atoms with van der Waals surface area (Å²) in [5.41, 5.74) is 0.869. The zero-order valence-electron chi connectivity index (χ0n) is 10.8. The van der Waals surface area contributed by atoms with Crippen molar-refractivity contribution in [3.8, 4) is 0 Å². The van der Waals surface area contributed by atoms with E-state index in [4.69, 9.17) is 0 Å². The molecular formula is C15H13BrF3N. The summed E-state index contributed by atoms with van der Waals surface area (Å²) in [4.78, 5) is 0. The van der Waals surface area contributed by atoms with Crippen molar-refractivity contribution in [1.29, 1.82) is 0 Å². The quantitative estimate of drug-likeness (QED) is 0.857. The minimum atomic E-state index is -0.653. The van der Waals surface area contributed by atoms with Gasteiger partial charge in [0.25, 0.3) is 0 Å². The van der Waals surface area contributed by atoms with E-state index in [0.29, 0.717) is 16.6 Å². The van der Waals surface area contributed by atoms with E-state index in [1.807, 2.05) is 6.92 Å². The van der Waals surface area contributed by atoms with Crippen LogP contribution in [0, 0.1) is 17.5 Å². The molecule has 2 aromatic rings. The van der Waals surface area contributed by atoms with Crippen LogP contribution in [-0.2, 0) is 0 Å². The summed E-state index contributed by atoms with van der Waals surface area (Å²) in [6.07, 6.45) is 0. The molecule has 2 rings (SSSR count). The minimum absolute atomic E-state index is 0.287. The molecule has 0 aliphatic rings. The number of rotatable bonds is 4. The molecule has 0 bridgehead atoms. The van der Waals surface area contributed by atoms with Crippen LogP contribution >= 0.6 is 15.9 Å². The van der Waals surface area contributed by atoms with Gasteiger partial charge in [-0.1, -0.05) is 19.1 Å². The molecule has 0 heterocycles. The smallest absolute Gasteiger partial charge is 0.137 e. The third-order valence-electron chi connectivity index (χ3n) is 2.96. The minimum Gasteiger partial charge on any atom is -0.306 e. The van der Waals surface area contributed by atoms with Gasteiger partial charge < -0.3 is 5.32 Å². The summed E-state index contributed by atoms with van der Waals surface area (Å²) >= 11 is 3.08. The molecule has 1 nitrogen and oxygen atoms in total. The number of nitrogens with one attached hydrogen (secondary N) is 1. The fourth-order valence-corrected chi connectivity index (χ4v) is 2.29. The second kappa shape index (κ2) is 6.41. The molecule has 0 radical (unpaired) electrons. The monoisotopic (exact) mass is 343 g/mol. The molecule has 20 heavy (non-hydrogen) atoms. The maximum absolute atomic E-state index is 13.9. The Hall–Kier alpha value is -1.33. The van der Waals surface area contributed by atoms with Gasteiger partial charge in [0.2, 0.25) is 0 Å². The normalized spacial score (nSPS) is 12.4. The molecule has 0 aromatic heterocycles. The van der Waals surface area contributed by atoms with Crippen LogP contribution in [0.5, 0.6) is 0 Å². The van der Waals surface area contributed by atoms with E-state index in [1.165, 1.54) is 18.2 Å². The predicted molar refractivity (Wildman–Crippen MR) is 76.0 cm³/mol. The van der Waals surface area contributed by atoms with Crippen molar-refractivity contribution in [3.63, 3.8) is 0 Å². The summed E-state index contributed by atoms with van der Waals surface area (Å²) in [7, 11) is 0. The van der Waals surface area contributed by atoms with E-state index in [1.54, 1.807) is 12.1 Å². The Morgan fingerprint density at radius 3 is 2.40 bits per heavy atom. The van der Waals surface area contributed by atoms with Crippen molar-refractivity contribution in [1.82, 2.24) is 5.32 Å². The highest BCUT2D eigenvalue weighted by molar-refractivity contribution is 9.10. The SMILES string of the molecule is CCNC(c1ccc(Br)c(F)c1)c1ccc(F)cc1F. The first-order valence-corrected chi connectivity index (χ1v) is 6.95. The van der Waals surface area contributed by atoms with Crippen LogP contribution in [0.2, 0.25) is 0 Å². The van der Waals surface area contributed by atoms with E-state index >= 15 is 0 Å². The van der Waals surface area contributed by atoms with E-state index in [-0.39, 0.29) is 5.56 Å². The van der Waals surface area contributed by atoms with Gasteiger partial charge in [-0.05, 0) is 46.2 Å². The molecule has 1 unspecified atom stereocenters. The lowest BCUT2D eigenvalue weighted by Gasteiger charge is -2.20. The van der Waals surface area contributed by atoms with Crippen LogP contribution in [0.25, 0.3) is 0 Å². The molecule has 0 spiro atoms. The summed E-state index contributed by atoms with van der Waals surface area (Å²) < 4.78 is 40.9. The van der Waals surface area contributed by atoms with Crippen molar-refractivity contribution >= 4 is 15.9 Å². The fraction of sp³-hybridized carbons (Fsp3) is 0.200. The number of halogens is 4. The van der Waals surface area contributed by atoms with Gasteiger partial charge >= 0.3 is 0 Å². The average Bonchev–Trinajstić information content (AvgIpc) is 2.40. The van der Waals surface area contributed by atoms with E-state index < -0.39 is 23.5 Å². The number of hydrogen-bond acceptors (Lipinski definition) is 1. The predicted octanol–water partition coefficient (Wildman–Crippen LogP) is 4.57. The van der Waals surface area contributed by atoms with Gasteiger partial charge in [-0.25, -0.2) is 13.2 Å². The average molecular weight is 344 g/mol. The Bertz CT molecular complexity index is 616. The highest BCUT2D eigenvalue weighted by atomic mass is 79.9. The van der Waals surface area contributed by atoms with Crippen LogP contribution in [0.4, 0.5) is 13.2 Å². The fourth-order valence-electron chi connectivity index (χ4n) is 2.04. The Morgan fingerprint density at radius 1 is 1.05 bits per heavy atom. The van der Waals surface area contributed by atoms with Crippen molar-refractivity contribution in [2.45, 2.75) is 13.0 Å². The Labute approximate surface area is 123 Å². The van der Waals surface area contributed by atoms with Crippen LogP contribution in [0.15, 0.2) is 40.9 Å². The Kier molecular flexibility index (Phi) is 4.83. The topological polar surface area (TPSA) is 12.0 Å². The van der Waals surface area contributed by atoms with Gasteiger partial charge in [-0.15, -0.1) is 0 Å². The third kappa shape index (κ3) is 3.22. The molecule has 0 amide bonds. The zero-order valence-corrected chi connectivity index (χ0v) is 12.3. The highest BCUT2D eigenvalue weighted by Crippen LogP contribution is 2.27. The molecule has 1 N–H and O–H groups in total. The molecule has 1 atom stereocenters. The largest absolute Gasteiger partial charge is 0.306 e. The van der Waals surface area contributed by atoms with Gasteiger partial charge in [-0.2, -0.15) is 0 Å². The maximum atomic E-state index is 13.9. The van der Waals surface area contributed by atoms with E-state index in [0.717, 1.165) is 6.07 Å². The molecule has 106 valence electrons. The summed E-state index contributed by atoms with van der Waals surface area (Å²) in [5, 5.41) is 3.08. The second-order valence-corrected chi connectivity index (χ2v) is 5.18. The lowest BCUT2D eigenvalue weighted by molar-refractivity contribution is 0.538. The van der Waals surface area contributed by atoms with E-state index in [2.05, 4.69) is 21.2 Å². The van der Waals surface area contributed by atoms with Crippen molar-refractivity contribution in [3.05, 3.63) is 69.4 Å². The van der Waals surface area contributed by atoms with Gasteiger partial charge in [0.15, 0.2) is 0 Å². The molecule has 0 fully saturated rings.